The number of fused-ring (bicyclic) bond motifs is 2. The van der Waals surface area contributed by atoms with Crippen LogP contribution >= 0.6 is 0 Å². The molecule has 2 aliphatic carbocycles. The normalized spacial score (nSPS) is 28.3. The molecular formula is C14H22N4O4S. The molecule has 23 heavy (non-hydrogen) atoms. The topological polar surface area (TPSA) is 149 Å². The van der Waals surface area contributed by atoms with Gasteiger partial charge in [0.1, 0.15) is 11.6 Å². The van der Waals surface area contributed by atoms with Crippen LogP contribution in [0.4, 0.5) is 11.8 Å². The maximum atomic E-state index is 11.9. The number of hydrogen-bond donors (Lipinski definition) is 3. The first-order valence-electron chi connectivity index (χ1n) is 7.30. The second-order valence-electron chi connectivity index (χ2n) is 6.73. The standard InChI is InChI=1S/C10H16O4S.C4H6N4/c1-9(2)7-3-4-10(9,8(11)5-7)6-15(12,13)14;5-3-1-2-7-4(6)8-3/h7H,3-6H2,1-2H3,(H,12,13,14);1-2H,(H4,5,6,7,8). The van der Waals surface area contributed by atoms with Crippen molar-refractivity contribution in [3.8, 4) is 0 Å². The van der Waals surface area contributed by atoms with Crippen molar-refractivity contribution in [2.75, 3.05) is 17.2 Å². The number of hydrogen-bond acceptors (Lipinski definition) is 7. The monoisotopic (exact) mass is 342 g/mol. The van der Waals surface area contributed by atoms with Gasteiger partial charge in [0.15, 0.2) is 0 Å². The van der Waals surface area contributed by atoms with E-state index in [2.05, 4.69) is 9.97 Å². The predicted octanol–water partition coefficient (Wildman–Crippen LogP) is 0.911. The number of rotatable bonds is 2. The average molecular weight is 342 g/mol. The Bertz CT molecular complexity index is 702. The molecule has 2 atom stereocenters. The molecule has 0 aromatic carbocycles. The zero-order chi connectivity index (χ0) is 17.5. The lowest BCUT2D eigenvalue weighted by Crippen LogP contribution is -2.42. The van der Waals surface area contributed by atoms with Crippen LogP contribution in [0.2, 0.25) is 0 Å². The van der Waals surface area contributed by atoms with Crippen LogP contribution in [0.3, 0.4) is 0 Å². The number of carbonyl (C=O) groups excluding carboxylic acids is 1. The van der Waals surface area contributed by atoms with Crippen molar-refractivity contribution in [3.05, 3.63) is 12.3 Å². The highest BCUT2D eigenvalue weighted by molar-refractivity contribution is 7.85. The molecule has 1 heterocycles. The smallest absolute Gasteiger partial charge is 0.265 e. The van der Waals surface area contributed by atoms with Gasteiger partial charge in [-0.2, -0.15) is 13.4 Å². The summed E-state index contributed by atoms with van der Waals surface area (Å²) < 4.78 is 31.0. The summed E-state index contributed by atoms with van der Waals surface area (Å²) in [5.74, 6) is 0.512. The van der Waals surface area contributed by atoms with E-state index in [0.717, 1.165) is 6.42 Å². The molecule has 1 aromatic rings. The van der Waals surface area contributed by atoms with E-state index < -0.39 is 21.3 Å². The van der Waals surface area contributed by atoms with Crippen molar-refractivity contribution in [3.63, 3.8) is 0 Å². The third-order valence-electron chi connectivity index (χ3n) is 5.26. The van der Waals surface area contributed by atoms with Crippen molar-refractivity contribution in [1.82, 2.24) is 9.97 Å². The Morgan fingerprint density at radius 1 is 1.39 bits per heavy atom. The lowest BCUT2D eigenvalue weighted by atomic mass is 9.70. The summed E-state index contributed by atoms with van der Waals surface area (Å²) in [4.78, 5) is 19.1. The lowest BCUT2D eigenvalue weighted by Gasteiger charge is -2.35. The Morgan fingerprint density at radius 2 is 2.04 bits per heavy atom. The highest BCUT2D eigenvalue weighted by Gasteiger charge is 2.65. The third kappa shape index (κ3) is 3.30. The maximum absolute atomic E-state index is 11.9. The summed E-state index contributed by atoms with van der Waals surface area (Å²) in [5, 5.41) is 0. The molecule has 2 saturated carbocycles. The van der Waals surface area contributed by atoms with Crippen LogP contribution in [-0.2, 0) is 14.9 Å². The third-order valence-corrected chi connectivity index (χ3v) is 6.12. The van der Waals surface area contributed by atoms with E-state index in [0.29, 0.717) is 18.7 Å². The molecule has 8 nitrogen and oxygen atoms in total. The largest absolute Gasteiger partial charge is 0.384 e. The summed E-state index contributed by atoms with van der Waals surface area (Å²) in [7, 11) is -4.08. The number of aromatic nitrogens is 2. The molecule has 9 heteroatoms. The molecule has 2 fully saturated rings. The van der Waals surface area contributed by atoms with Gasteiger partial charge in [-0.15, -0.1) is 0 Å². The predicted molar refractivity (Wildman–Crippen MR) is 85.8 cm³/mol. The van der Waals surface area contributed by atoms with Crippen LogP contribution in [0, 0.1) is 16.7 Å². The van der Waals surface area contributed by atoms with Gasteiger partial charge >= 0.3 is 0 Å². The second-order valence-corrected chi connectivity index (χ2v) is 8.19. The zero-order valence-electron chi connectivity index (χ0n) is 13.2. The van der Waals surface area contributed by atoms with Gasteiger partial charge in [-0.05, 0) is 30.2 Å². The number of nitrogens with zero attached hydrogens (tertiary/aromatic N) is 2. The number of nitrogen functional groups attached to an aromatic ring is 2. The Balaban J connectivity index is 0.000000203. The molecular weight excluding hydrogens is 320 g/mol. The van der Waals surface area contributed by atoms with E-state index in [4.69, 9.17) is 16.0 Å². The lowest BCUT2D eigenvalue weighted by molar-refractivity contribution is -0.128. The van der Waals surface area contributed by atoms with E-state index in [9.17, 15) is 13.2 Å². The molecule has 128 valence electrons. The van der Waals surface area contributed by atoms with Gasteiger partial charge < -0.3 is 11.5 Å². The average Bonchev–Trinajstić information content (AvgIpc) is 2.71. The number of carbonyl (C=O) groups is 1. The first-order valence-corrected chi connectivity index (χ1v) is 8.91. The van der Waals surface area contributed by atoms with E-state index in [1.807, 2.05) is 13.8 Å². The van der Waals surface area contributed by atoms with Crippen molar-refractivity contribution < 1.29 is 17.8 Å². The van der Waals surface area contributed by atoms with Gasteiger partial charge in [0, 0.05) is 12.6 Å². The molecule has 5 N–H and O–H groups in total. The fraction of sp³-hybridized carbons (Fsp3) is 0.643. The van der Waals surface area contributed by atoms with Gasteiger partial charge in [0.05, 0.1) is 11.2 Å². The van der Waals surface area contributed by atoms with Crippen LogP contribution in [0.15, 0.2) is 12.3 Å². The summed E-state index contributed by atoms with van der Waals surface area (Å²) in [5.41, 5.74) is 9.26. The van der Waals surface area contributed by atoms with Crippen LogP contribution in [0.5, 0.6) is 0 Å². The van der Waals surface area contributed by atoms with Crippen LogP contribution in [0.25, 0.3) is 0 Å². The van der Waals surface area contributed by atoms with Crippen LogP contribution < -0.4 is 11.5 Å². The molecule has 2 bridgehead atoms. The zero-order valence-corrected chi connectivity index (χ0v) is 14.0. The molecule has 0 radical (unpaired) electrons. The summed E-state index contributed by atoms with van der Waals surface area (Å²) in [6.07, 6.45) is 3.48. The highest BCUT2D eigenvalue weighted by atomic mass is 32.2. The second kappa shape index (κ2) is 5.72. The number of Topliss-reactive ketones (excluding diaryl/α,β-unsaturated/α-hetero) is 1. The number of ketones is 1. The number of anilines is 2. The first kappa shape index (κ1) is 17.6. The van der Waals surface area contributed by atoms with E-state index in [-0.39, 0.29) is 23.1 Å². The summed E-state index contributed by atoms with van der Waals surface area (Å²) in [6, 6.07) is 1.58. The molecule has 0 spiro atoms. The molecule has 0 saturated heterocycles. The van der Waals surface area contributed by atoms with Crippen molar-refractivity contribution in [2.45, 2.75) is 33.1 Å². The Labute approximate surface area is 135 Å². The molecule has 1 aromatic heterocycles. The minimum Gasteiger partial charge on any atom is -0.384 e. The number of nitrogens with two attached hydrogens (primary N) is 2. The molecule has 3 rings (SSSR count). The van der Waals surface area contributed by atoms with Gasteiger partial charge in [-0.1, -0.05) is 13.8 Å². The molecule has 2 aliphatic rings. The minimum atomic E-state index is -4.08. The minimum absolute atomic E-state index is 0.0152. The Kier molecular flexibility index (Phi) is 4.38. The molecule has 2 unspecified atom stereocenters. The fourth-order valence-corrected chi connectivity index (χ4v) is 5.11. The van der Waals surface area contributed by atoms with Crippen molar-refractivity contribution in [2.24, 2.45) is 16.7 Å². The quantitative estimate of drug-likeness (QED) is 0.671. The van der Waals surface area contributed by atoms with E-state index in [1.54, 1.807) is 6.07 Å². The van der Waals surface area contributed by atoms with Gasteiger partial charge in [-0.25, -0.2) is 4.98 Å². The maximum Gasteiger partial charge on any atom is 0.265 e. The van der Waals surface area contributed by atoms with E-state index >= 15 is 0 Å². The fourth-order valence-electron chi connectivity index (χ4n) is 3.81. The molecule has 0 amide bonds. The summed E-state index contributed by atoms with van der Waals surface area (Å²) in [6.45, 7) is 3.89. The van der Waals surface area contributed by atoms with Crippen LogP contribution in [-0.4, -0.2) is 34.5 Å². The van der Waals surface area contributed by atoms with E-state index in [1.165, 1.54) is 6.20 Å². The molecule has 0 aliphatic heterocycles. The van der Waals surface area contributed by atoms with Gasteiger partial charge in [-0.3, -0.25) is 9.35 Å². The first-order chi connectivity index (χ1) is 10.5. The Morgan fingerprint density at radius 3 is 2.39 bits per heavy atom. The van der Waals surface area contributed by atoms with Gasteiger partial charge in [0.25, 0.3) is 10.1 Å². The van der Waals surface area contributed by atoms with Crippen LogP contribution in [0.1, 0.15) is 33.1 Å². The van der Waals surface area contributed by atoms with Crippen molar-refractivity contribution in [1.29, 1.82) is 0 Å². The SMILES string of the molecule is CC1(C)C2CCC1(CS(=O)(=O)O)C(=O)C2.Nc1ccnc(N)n1. The summed E-state index contributed by atoms with van der Waals surface area (Å²) >= 11 is 0. The Hall–Kier alpha value is -1.74. The van der Waals surface area contributed by atoms with Crippen molar-refractivity contribution >= 4 is 27.7 Å². The van der Waals surface area contributed by atoms with Gasteiger partial charge in [0.2, 0.25) is 5.95 Å². The highest BCUT2D eigenvalue weighted by Crippen LogP contribution is 2.64.